The van der Waals surface area contributed by atoms with E-state index in [2.05, 4.69) is 9.97 Å². The molecule has 0 atom stereocenters. The molecule has 7 heteroatoms. The fourth-order valence-corrected chi connectivity index (χ4v) is 1.36. The van der Waals surface area contributed by atoms with Crippen LogP contribution in [0.15, 0.2) is 6.20 Å². The maximum absolute atomic E-state index is 11.9. The molecule has 100 valence electrons. The molecule has 1 rings (SSSR count). The molecule has 2 N–H and O–H groups in total. The Hall–Kier alpha value is -1.40. The summed E-state index contributed by atoms with van der Waals surface area (Å²) in [6.45, 7) is 5.52. The zero-order chi connectivity index (χ0) is 13.9. The number of hydrogen-bond donors (Lipinski definition) is 1. The van der Waals surface area contributed by atoms with E-state index in [0.29, 0.717) is 5.82 Å². The summed E-state index contributed by atoms with van der Waals surface area (Å²) in [6.07, 6.45) is 0.874. The Bertz CT molecular complexity index is 445. The first-order chi connectivity index (χ1) is 8.24. The van der Waals surface area contributed by atoms with Gasteiger partial charge in [0, 0.05) is 7.05 Å². The molecule has 1 heterocycles. The van der Waals surface area contributed by atoms with Crippen LogP contribution in [0.2, 0.25) is 5.02 Å². The Labute approximate surface area is 111 Å². The molecule has 0 spiro atoms. The Morgan fingerprint density at radius 3 is 2.67 bits per heavy atom. The molecule has 0 fully saturated rings. The molecule has 0 saturated heterocycles. The normalized spacial score (nSPS) is 11.2. The third-order valence-electron chi connectivity index (χ3n) is 1.94. The van der Waals surface area contributed by atoms with E-state index in [4.69, 9.17) is 22.1 Å². The summed E-state index contributed by atoms with van der Waals surface area (Å²) in [5.74, 6) is 0.686. The fraction of sp³-hybridized carbons (Fsp3) is 0.545. The lowest BCUT2D eigenvalue weighted by molar-refractivity contribution is 0.0588. The summed E-state index contributed by atoms with van der Waals surface area (Å²) in [4.78, 5) is 21.1. The second-order valence-electron chi connectivity index (χ2n) is 4.70. The van der Waals surface area contributed by atoms with Crippen LogP contribution in [0.5, 0.6) is 0 Å². The van der Waals surface area contributed by atoms with Crippen LogP contribution in [0.1, 0.15) is 26.6 Å². The summed E-state index contributed by atoms with van der Waals surface area (Å²) < 4.78 is 5.22. The smallest absolute Gasteiger partial charge is 0.415 e. The number of nitrogens with two attached hydrogens (primary N) is 1. The Balaban J connectivity index is 2.96. The average Bonchev–Trinajstić information content (AvgIpc) is 2.26. The van der Waals surface area contributed by atoms with Crippen molar-refractivity contribution in [1.29, 1.82) is 0 Å². The van der Waals surface area contributed by atoms with E-state index >= 15 is 0 Å². The second kappa shape index (κ2) is 5.49. The minimum atomic E-state index is -0.582. The molecule has 0 aliphatic heterocycles. The number of rotatable bonds is 2. The number of ether oxygens (including phenoxy) is 1. The van der Waals surface area contributed by atoms with Gasteiger partial charge in [0.15, 0.2) is 5.82 Å². The van der Waals surface area contributed by atoms with Crippen molar-refractivity contribution in [2.45, 2.75) is 32.9 Å². The first kappa shape index (κ1) is 14.7. The zero-order valence-electron chi connectivity index (χ0n) is 10.9. The highest BCUT2D eigenvalue weighted by Gasteiger charge is 2.23. The molecule has 0 aliphatic carbocycles. The Morgan fingerprint density at radius 2 is 2.17 bits per heavy atom. The van der Waals surface area contributed by atoms with Gasteiger partial charge in [0.1, 0.15) is 16.4 Å². The van der Waals surface area contributed by atoms with Crippen molar-refractivity contribution >= 4 is 23.5 Å². The van der Waals surface area contributed by atoms with Crippen LogP contribution in [-0.4, -0.2) is 28.7 Å². The SMILES string of the molecule is CN(C(=O)OC(C)(C)C)c1nc(CN)ncc1Cl. The molecular formula is C11H17ClN4O2. The van der Waals surface area contributed by atoms with Gasteiger partial charge in [0.25, 0.3) is 0 Å². The fourth-order valence-electron chi connectivity index (χ4n) is 1.14. The molecule has 1 amide bonds. The first-order valence-electron chi connectivity index (χ1n) is 5.43. The maximum Gasteiger partial charge on any atom is 0.415 e. The predicted molar refractivity (Wildman–Crippen MR) is 69.6 cm³/mol. The van der Waals surface area contributed by atoms with Crippen LogP contribution in [0.25, 0.3) is 0 Å². The van der Waals surface area contributed by atoms with Gasteiger partial charge in [0.05, 0.1) is 12.7 Å². The molecule has 0 radical (unpaired) electrons. The number of carbonyl (C=O) groups is 1. The molecule has 6 nitrogen and oxygen atoms in total. The van der Waals surface area contributed by atoms with Crippen molar-refractivity contribution in [2.24, 2.45) is 5.73 Å². The lowest BCUT2D eigenvalue weighted by atomic mass is 10.2. The van der Waals surface area contributed by atoms with Crippen molar-refractivity contribution in [2.75, 3.05) is 11.9 Å². The Morgan fingerprint density at radius 1 is 1.56 bits per heavy atom. The molecule has 0 saturated carbocycles. The van der Waals surface area contributed by atoms with E-state index in [0.717, 1.165) is 0 Å². The van der Waals surface area contributed by atoms with Gasteiger partial charge in [-0.2, -0.15) is 0 Å². The van der Waals surface area contributed by atoms with Gasteiger partial charge >= 0.3 is 6.09 Å². The minimum absolute atomic E-state index is 0.173. The van der Waals surface area contributed by atoms with Gasteiger partial charge in [-0.05, 0) is 20.8 Å². The lowest BCUT2D eigenvalue weighted by Crippen LogP contribution is -2.35. The van der Waals surface area contributed by atoms with Crippen molar-refractivity contribution in [3.8, 4) is 0 Å². The lowest BCUT2D eigenvalue weighted by Gasteiger charge is -2.24. The van der Waals surface area contributed by atoms with Gasteiger partial charge < -0.3 is 10.5 Å². The number of hydrogen-bond acceptors (Lipinski definition) is 5. The van der Waals surface area contributed by atoms with Crippen LogP contribution in [0.3, 0.4) is 0 Å². The van der Waals surface area contributed by atoms with Crippen molar-refractivity contribution in [3.63, 3.8) is 0 Å². The largest absolute Gasteiger partial charge is 0.443 e. The van der Waals surface area contributed by atoms with Crippen molar-refractivity contribution in [1.82, 2.24) is 9.97 Å². The molecule has 1 aromatic rings. The summed E-state index contributed by atoms with van der Waals surface area (Å²) in [5.41, 5.74) is 4.86. The van der Waals surface area contributed by atoms with Gasteiger partial charge in [-0.3, -0.25) is 4.90 Å². The number of amides is 1. The summed E-state index contributed by atoms with van der Waals surface area (Å²) in [6, 6.07) is 0. The van der Waals surface area contributed by atoms with Gasteiger partial charge in [-0.15, -0.1) is 0 Å². The predicted octanol–water partition coefficient (Wildman–Crippen LogP) is 1.96. The highest BCUT2D eigenvalue weighted by atomic mass is 35.5. The number of nitrogens with zero attached hydrogens (tertiary/aromatic N) is 3. The van der Waals surface area contributed by atoms with Crippen LogP contribution in [0, 0.1) is 0 Å². The standard InChI is InChI=1S/C11H17ClN4O2/c1-11(2,3)18-10(17)16(4)9-7(12)6-14-8(5-13)15-9/h6H,5,13H2,1-4H3. The van der Waals surface area contributed by atoms with E-state index in [1.54, 1.807) is 20.8 Å². The third kappa shape index (κ3) is 3.82. The van der Waals surface area contributed by atoms with E-state index in [9.17, 15) is 4.79 Å². The number of halogens is 1. The van der Waals surface area contributed by atoms with E-state index in [1.165, 1.54) is 18.1 Å². The monoisotopic (exact) mass is 272 g/mol. The van der Waals surface area contributed by atoms with Crippen LogP contribution < -0.4 is 10.6 Å². The highest BCUT2D eigenvalue weighted by Crippen LogP contribution is 2.23. The summed E-state index contributed by atoms with van der Waals surface area (Å²) in [7, 11) is 1.53. The summed E-state index contributed by atoms with van der Waals surface area (Å²) >= 11 is 5.95. The van der Waals surface area contributed by atoms with Gasteiger partial charge in [0.2, 0.25) is 0 Å². The molecule has 18 heavy (non-hydrogen) atoms. The number of carbonyl (C=O) groups excluding carboxylic acids is 1. The Kier molecular flexibility index (Phi) is 4.48. The quantitative estimate of drug-likeness (QED) is 0.890. The molecule has 0 unspecified atom stereocenters. The van der Waals surface area contributed by atoms with E-state index in [1.807, 2.05) is 0 Å². The van der Waals surface area contributed by atoms with E-state index in [-0.39, 0.29) is 17.4 Å². The maximum atomic E-state index is 11.9. The molecular weight excluding hydrogens is 256 g/mol. The van der Waals surface area contributed by atoms with Crippen LogP contribution in [-0.2, 0) is 11.3 Å². The summed E-state index contributed by atoms with van der Waals surface area (Å²) in [5, 5.41) is 0.264. The zero-order valence-corrected chi connectivity index (χ0v) is 11.7. The van der Waals surface area contributed by atoms with Crippen molar-refractivity contribution < 1.29 is 9.53 Å². The van der Waals surface area contributed by atoms with E-state index < -0.39 is 11.7 Å². The van der Waals surface area contributed by atoms with Gasteiger partial charge in [-0.25, -0.2) is 14.8 Å². The third-order valence-corrected chi connectivity index (χ3v) is 2.21. The molecule has 0 bridgehead atoms. The molecule has 0 aliphatic rings. The van der Waals surface area contributed by atoms with Crippen molar-refractivity contribution in [3.05, 3.63) is 17.0 Å². The molecule has 1 aromatic heterocycles. The minimum Gasteiger partial charge on any atom is -0.443 e. The highest BCUT2D eigenvalue weighted by molar-refractivity contribution is 6.33. The van der Waals surface area contributed by atoms with Gasteiger partial charge in [-0.1, -0.05) is 11.6 Å². The first-order valence-corrected chi connectivity index (χ1v) is 5.80. The second-order valence-corrected chi connectivity index (χ2v) is 5.11. The molecule has 0 aromatic carbocycles. The number of anilines is 1. The van der Waals surface area contributed by atoms with Crippen LogP contribution in [0.4, 0.5) is 10.6 Å². The number of aromatic nitrogens is 2. The van der Waals surface area contributed by atoms with Crippen LogP contribution >= 0.6 is 11.6 Å². The topological polar surface area (TPSA) is 81.3 Å². The average molecular weight is 273 g/mol.